The predicted octanol–water partition coefficient (Wildman–Crippen LogP) is 2.16. The van der Waals surface area contributed by atoms with E-state index in [4.69, 9.17) is 28.1 Å². The highest BCUT2D eigenvalue weighted by Crippen LogP contribution is 2.38. The van der Waals surface area contributed by atoms with Gasteiger partial charge >= 0.3 is 0 Å². The van der Waals surface area contributed by atoms with Crippen molar-refractivity contribution < 1.29 is 37.7 Å². The number of hydrogen-bond acceptors (Lipinski definition) is 11. The second kappa shape index (κ2) is 11.5. The lowest BCUT2D eigenvalue weighted by molar-refractivity contribution is -0.118. The second-order valence-electron chi connectivity index (χ2n) is 7.31. The molecule has 0 aliphatic carbocycles. The highest BCUT2D eigenvalue weighted by molar-refractivity contribution is 7.99. The first-order chi connectivity index (χ1) is 17.5. The Hall–Kier alpha value is -4.13. The summed E-state index contributed by atoms with van der Waals surface area (Å²) in [5.74, 6) is 2.13. The molecule has 2 N–H and O–H groups in total. The Morgan fingerprint density at radius 3 is 2.42 bits per heavy atom. The molecule has 0 unspecified atom stereocenters. The second-order valence-corrected chi connectivity index (χ2v) is 8.24. The molecule has 0 atom stereocenters. The van der Waals surface area contributed by atoms with Crippen LogP contribution in [0, 0.1) is 0 Å². The summed E-state index contributed by atoms with van der Waals surface area (Å²) >= 11 is 1.09. The lowest BCUT2D eigenvalue weighted by atomic mass is 10.1. The van der Waals surface area contributed by atoms with Gasteiger partial charge in [0.05, 0.1) is 33.6 Å². The molecule has 0 radical (unpaired) electrons. The van der Waals surface area contributed by atoms with Crippen LogP contribution in [0.3, 0.4) is 0 Å². The van der Waals surface area contributed by atoms with E-state index in [-0.39, 0.29) is 36.1 Å². The summed E-state index contributed by atoms with van der Waals surface area (Å²) in [5.41, 5.74) is 1.19. The molecular weight excluding hydrogens is 492 g/mol. The van der Waals surface area contributed by atoms with E-state index < -0.39 is 5.91 Å². The molecule has 1 aliphatic heterocycles. The van der Waals surface area contributed by atoms with Gasteiger partial charge in [-0.05, 0) is 29.8 Å². The highest BCUT2D eigenvalue weighted by Gasteiger charge is 2.18. The maximum absolute atomic E-state index is 12.6. The van der Waals surface area contributed by atoms with E-state index in [0.29, 0.717) is 40.9 Å². The third-order valence-corrected chi connectivity index (χ3v) is 5.85. The molecule has 0 bridgehead atoms. The predicted molar refractivity (Wildman–Crippen MR) is 127 cm³/mol. The molecular formula is C23H24N4O8S. The number of nitrogens with zero attached hydrogens (tertiary/aromatic N) is 2. The standard InChI is InChI=1S/C23H24N4O8S/c1-30-17-7-14(8-18(31-2)21(17)32-3)22(29)25-10-20-26-27-23(35-20)36-11-19(28)24-9-13-4-5-15-16(6-13)34-12-33-15/h4-8H,9-12H2,1-3H3,(H,24,28)(H,25,29). The van der Waals surface area contributed by atoms with Crippen LogP contribution in [0.25, 0.3) is 0 Å². The average Bonchev–Trinajstić information content (AvgIpc) is 3.57. The van der Waals surface area contributed by atoms with Crippen molar-refractivity contribution in [1.29, 1.82) is 0 Å². The quantitative estimate of drug-likeness (QED) is 0.362. The van der Waals surface area contributed by atoms with Gasteiger partial charge in [0.15, 0.2) is 23.0 Å². The number of methoxy groups -OCH3 is 3. The normalized spacial score (nSPS) is 11.6. The fourth-order valence-corrected chi connectivity index (χ4v) is 3.88. The molecule has 4 rings (SSSR count). The smallest absolute Gasteiger partial charge is 0.277 e. The Balaban J connectivity index is 1.24. The summed E-state index contributed by atoms with van der Waals surface area (Å²) in [6, 6.07) is 8.56. The number of amides is 2. The average molecular weight is 517 g/mol. The van der Waals surface area contributed by atoms with Crippen molar-refractivity contribution >= 4 is 23.6 Å². The molecule has 12 nitrogen and oxygen atoms in total. The van der Waals surface area contributed by atoms with Crippen LogP contribution < -0.4 is 34.3 Å². The zero-order valence-corrected chi connectivity index (χ0v) is 20.6. The number of ether oxygens (including phenoxy) is 5. The van der Waals surface area contributed by atoms with Crippen molar-refractivity contribution in [1.82, 2.24) is 20.8 Å². The van der Waals surface area contributed by atoms with Gasteiger partial charge in [-0.25, -0.2) is 0 Å². The first-order valence-electron chi connectivity index (χ1n) is 10.7. The van der Waals surface area contributed by atoms with Crippen molar-refractivity contribution in [3.8, 4) is 28.7 Å². The molecule has 13 heteroatoms. The first kappa shape index (κ1) is 25.0. The van der Waals surface area contributed by atoms with Crippen molar-refractivity contribution in [2.75, 3.05) is 33.9 Å². The summed E-state index contributed by atoms with van der Waals surface area (Å²) in [6.07, 6.45) is 0. The van der Waals surface area contributed by atoms with E-state index >= 15 is 0 Å². The lowest BCUT2D eigenvalue weighted by Gasteiger charge is -2.13. The van der Waals surface area contributed by atoms with Gasteiger partial charge in [0.2, 0.25) is 24.3 Å². The van der Waals surface area contributed by atoms with E-state index in [9.17, 15) is 9.59 Å². The highest BCUT2D eigenvalue weighted by atomic mass is 32.2. The van der Waals surface area contributed by atoms with Gasteiger partial charge in [0.25, 0.3) is 11.1 Å². The monoisotopic (exact) mass is 516 g/mol. The SMILES string of the molecule is COc1cc(C(=O)NCc2nnc(SCC(=O)NCc3ccc4c(c3)OCO4)o2)cc(OC)c1OC. The summed E-state index contributed by atoms with van der Waals surface area (Å²) in [4.78, 5) is 24.8. The maximum Gasteiger partial charge on any atom is 0.277 e. The van der Waals surface area contributed by atoms with Gasteiger partial charge in [-0.15, -0.1) is 10.2 Å². The van der Waals surface area contributed by atoms with Gasteiger partial charge in [0.1, 0.15) is 0 Å². The van der Waals surface area contributed by atoms with E-state index in [0.717, 1.165) is 17.3 Å². The van der Waals surface area contributed by atoms with E-state index in [1.807, 2.05) is 12.1 Å². The molecule has 190 valence electrons. The number of carbonyl (C=O) groups excluding carboxylic acids is 2. The minimum Gasteiger partial charge on any atom is -0.493 e. The van der Waals surface area contributed by atoms with Gasteiger partial charge in [-0.3, -0.25) is 9.59 Å². The Morgan fingerprint density at radius 2 is 1.69 bits per heavy atom. The number of nitrogens with one attached hydrogen (secondary N) is 2. The van der Waals surface area contributed by atoms with Crippen LogP contribution >= 0.6 is 11.8 Å². The van der Waals surface area contributed by atoms with Crippen LogP contribution in [0.4, 0.5) is 0 Å². The number of thioether (sulfide) groups is 1. The van der Waals surface area contributed by atoms with Crippen LogP contribution in [0.2, 0.25) is 0 Å². The zero-order valence-electron chi connectivity index (χ0n) is 19.8. The number of rotatable bonds is 11. The van der Waals surface area contributed by atoms with Gasteiger partial charge in [-0.2, -0.15) is 0 Å². The van der Waals surface area contributed by atoms with Crippen LogP contribution in [-0.2, 0) is 17.9 Å². The van der Waals surface area contributed by atoms with Crippen molar-refractivity contribution in [3.05, 3.63) is 47.3 Å². The number of hydrogen-bond donors (Lipinski definition) is 2. The summed E-state index contributed by atoms with van der Waals surface area (Å²) in [6.45, 7) is 0.542. The first-order valence-corrected chi connectivity index (χ1v) is 11.7. The molecule has 36 heavy (non-hydrogen) atoms. The molecule has 0 saturated carbocycles. The summed E-state index contributed by atoms with van der Waals surface area (Å²) < 4.78 is 31.9. The number of fused-ring (bicyclic) bond motifs is 1. The fraction of sp³-hybridized carbons (Fsp3) is 0.304. The Morgan fingerprint density at radius 1 is 0.944 bits per heavy atom. The topological polar surface area (TPSA) is 143 Å². The molecule has 1 aromatic heterocycles. The molecule has 2 heterocycles. The Bertz CT molecular complexity index is 1220. The molecule has 3 aromatic rings. The molecule has 2 aromatic carbocycles. The lowest BCUT2D eigenvalue weighted by Crippen LogP contribution is -2.24. The largest absolute Gasteiger partial charge is 0.493 e. The molecule has 2 amide bonds. The Kier molecular flexibility index (Phi) is 8.00. The van der Waals surface area contributed by atoms with Gasteiger partial charge < -0.3 is 38.7 Å². The third-order valence-electron chi connectivity index (χ3n) is 5.03. The van der Waals surface area contributed by atoms with Crippen LogP contribution in [0.15, 0.2) is 40.0 Å². The molecule has 0 saturated heterocycles. The van der Waals surface area contributed by atoms with E-state index in [1.54, 1.807) is 6.07 Å². The fourth-order valence-electron chi connectivity index (χ4n) is 3.27. The van der Waals surface area contributed by atoms with E-state index in [1.165, 1.54) is 33.5 Å². The van der Waals surface area contributed by atoms with Crippen molar-refractivity contribution in [3.63, 3.8) is 0 Å². The Labute approximate surface area is 210 Å². The summed E-state index contributed by atoms with van der Waals surface area (Å²) in [7, 11) is 4.41. The number of aromatic nitrogens is 2. The molecule has 0 fully saturated rings. The van der Waals surface area contributed by atoms with Crippen molar-refractivity contribution in [2.24, 2.45) is 0 Å². The van der Waals surface area contributed by atoms with Crippen LogP contribution in [0.5, 0.6) is 28.7 Å². The number of carbonyl (C=O) groups is 2. The minimum atomic E-state index is -0.399. The van der Waals surface area contributed by atoms with Gasteiger partial charge in [0, 0.05) is 12.1 Å². The third kappa shape index (κ3) is 5.92. The number of benzene rings is 2. The van der Waals surface area contributed by atoms with Crippen LogP contribution in [0.1, 0.15) is 21.8 Å². The molecule has 1 aliphatic rings. The van der Waals surface area contributed by atoms with Crippen molar-refractivity contribution in [2.45, 2.75) is 18.3 Å². The summed E-state index contributed by atoms with van der Waals surface area (Å²) in [5, 5.41) is 13.5. The zero-order chi connectivity index (χ0) is 25.5. The van der Waals surface area contributed by atoms with Crippen LogP contribution in [-0.4, -0.2) is 55.9 Å². The minimum absolute atomic E-state index is 0.000631. The molecule has 0 spiro atoms. The van der Waals surface area contributed by atoms with Gasteiger partial charge in [-0.1, -0.05) is 17.8 Å². The van der Waals surface area contributed by atoms with E-state index in [2.05, 4.69) is 20.8 Å². The maximum atomic E-state index is 12.6.